The van der Waals surface area contributed by atoms with Gasteiger partial charge in [-0.3, -0.25) is 4.79 Å². The van der Waals surface area contributed by atoms with Crippen LogP contribution in [-0.4, -0.2) is 54.1 Å². The lowest BCUT2D eigenvalue weighted by Crippen LogP contribution is -2.39. The summed E-state index contributed by atoms with van der Waals surface area (Å²) < 4.78 is 54.3. The molecule has 2 aromatic carbocycles. The monoisotopic (exact) mass is 460 g/mol. The van der Waals surface area contributed by atoms with Crippen molar-refractivity contribution in [3.8, 4) is 0 Å². The van der Waals surface area contributed by atoms with Crippen molar-refractivity contribution in [2.24, 2.45) is 0 Å². The quantitative estimate of drug-likeness (QED) is 0.649. The lowest BCUT2D eigenvalue weighted by Gasteiger charge is -2.23. The molecule has 0 aromatic heterocycles. The molecule has 0 radical (unpaired) electrons. The maximum Gasteiger partial charge on any atom is 0.255 e. The maximum atomic E-state index is 14.4. The number of halogens is 3. The standard InChI is InChI=1S/C19H19ClF2N2O5S/c20-15-8-12(2-6-16(15)21)23-19(27)11-1-5-17(22)18(7-11)30(28,29)24-9-13(25)3-4-14(26)10-24/h1-2,5-8,13-14,25-26H,3-4,9-10H2,(H,23,27). The van der Waals surface area contributed by atoms with Gasteiger partial charge in [-0.1, -0.05) is 11.6 Å². The largest absolute Gasteiger partial charge is 0.392 e. The summed E-state index contributed by atoms with van der Waals surface area (Å²) in [5, 5.41) is 22.0. The Morgan fingerprint density at radius 2 is 1.63 bits per heavy atom. The summed E-state index contributed by atoms with van der Waals surface area (Å²) in [5.41, 5.74) is 0.00485. The molecule has 1 amide bonds. The van der Waals surface area contributed by atoms with Crippen LogP contribution in [0.25, 0.3) is 0 Å². The molecule has 7 nitrogen and oxygen atoms in total. The van der Waals surface area contributed by atoms with Crippen LogP contribution in [0.15, 0.2) is 41.3 Å². The normalized spacial score (nSPS) is 20.6. The first-order valence-corrected chi connectivity index (χ1v) is 10.8. The molecule has 0 aliphatic carbocycles. The fraction of sp³-hybridized carbons (Fsp3) is 0.316. The number of rotatable bonds is 4. The number of nitrogens with one attached hydrogen (secondary N) is 1. The van der Waals surface area contributed by atoms with E-state index in [4.69, 9.17) is 11.6 Å². The number of sulfonamides is 1. The zero-order chi connectivity index (χ0) is 22.1. The zero-order valence-corrected chi connectivity index (χ0v) is 17.1. The third kappa shape index (κ3) is 4.96. The molecular formula is C19H19ClF2N2O5S. The van der Waals surface area contributed by atoms with E-state index in [1.165, 1.54) is 12.1 Å². The predicted octanol–water partition coefficient (Wildman–Crippen LogP) is 2.38. The van der Waals surface area contributed by atoms with Gasteiger partial charge in [0.2, 0.25) is 10.0 Å². The Morgan fingerprint density at radius 3 is 2.23 bits per heavy atom. The van der Waals surface area contributed by atoms with Gasteiger partial charge in [-0.15, -0.1) is 0 Å². The second kappa shape index (κ2) is 8.94. The number of carbonyl (C=O) groups excluding carboxylic acids is 1. The van der Waals surface area contributed by atoms with E-state index in [1.54, 1.807) is 0 Å². The van der Waals surface area contributed by atoms with Gasteiger partial charge in [0, 0.05) is 24.3 Å². The number of anilines is 1. The molecule has 30 heavy (non-hydrogen) atoms. The molecule has 1 heterocycles. The molecule has 162 valence electrons. The van der Waals surface area contributed by atoms with E-state index in [9.17, 15) is 32.2 Å². The first kappa shape index (κ1) is 22.6. The van der Waals surface area contributed by atoms with Crippen molar-refractivity contribution in [3.63, 3.8) is 0 Å². The lowest BCUT2D eigenvalue weighted by molar-refractivity contribution is 0.102. The third-order valence-electron chi connectivity index (χ3n) is 4.65. The minimum atomic E-state index is -4.44. The van der Waals surface area contributed by atoms with Gasteiger partial charge < -0.3 is 15.5 Å². The first-order valence-electron chi connectivity index (χ1n) is 9.00. The van der Waals surface area contributed by atoms with E-state index in [1.807, 2.05) is 0 Å². The molecule has 1 fully saturated rings. The highest BCUT2D eigenvalue weighted by molar-refractivity contribution is 7.89. The maximum absolute atomic E-state index is 14.4. The fourth-order valence-electron chi connectivity index (χ4n) is 3.07. The van der Waals surface area contributed by atoms with Crippen LogP contribution in [0.4, 0.5) is 14.5 Å². The van der Waals surface area contributed by atoms with Gasteiger partial charge in [-0.2, -0.15) is 4.31 Å². The fourth-order valence-corrected chi connectivity index (χ4v) is 4.85. The highest BCUT2D eigenvalue weighted by Crippen LogP contribution is 2.25. The van der Waals surface area contributed by atoms with Crippen LogP contribution in [0.5, 0.6) is 0 Å². The molecule has 1 aliphatic rings. The number of β-amino-alcohol motifs (C(OH)–C–C–N with tert-alkyl or cyclic N) is 2. The Balaban J connectivity index is 1.90. The van der Waals surface area contributed by atoms with Gasteiger partial charge in [0.05, 0.1) is 17.2 Å². The van der Waals surface area contributed by atoms with Crippen molar-refractivity contribution >= 4 is 33.2 Å². The topological polar surface area (TPSA) is 107 Å². The molecule has 3 N–H and O–H groups in total. The molecular weight excluding hydrogens is 442 g/mol. The lowest BCUT2D eigenvalue weighted by atomic mass is 10.1. The van der Waals surface area contributed by atoms with Crippen molar-refractivity contribution in [1.29, 1.82) is 0 Å². The van der Waals surface area contributed by atoms with Crippen LogP contribution < -0.4 is 5.32 Å². The number of benzene rings is 2. The summed E-state index contributed by atoms with van der Waals surface area (Å²) in [5.74, 6) is -2.51. The summed E-state index contributed by atoms with van der Waals surface area (Å²) in [4.78, 5) is 11.7. The number of aliphatic hydroxyl groups excluding tert-OH is 2. The molecule has 1 aliphatic heterocycles. The van der Waals surface area contributed by atoms with Crippen molar-refractivity contribution in [1.82, 2.24) is 4.31 Å². The van der Waals surface area contributed by atoms with Gasteiger partial charge in [0.15, 0.2) is 0 Å². The van der Waals surface area contributed by atoms with Gasteiger partial charge >= 0.3 is 0 Å². The molecule has 0 bridgehead atoms. The molecule has 0 spiro atoms. The summed E-state index contributed by atoms with van der Waals surface area (Å²) in [6.07, 6.45) is -1.60. The summed E-state index contributed by atoms with van der Waals surface area (Å²) >= 11 is 5.67. The first-order chi connectivity index (χ1) is 14.1. The average Bonchev–Trinajstić information content (AvgIpc) is 2.86. The highest BCUT2D eigenvalue weighted by atomic mass is 35.5. The molecule has 3 rings (SSSR count). The van der Waals surface area contributed by atoms with E-state index in [2.05, 4.69) is 5.32 Å². The zero-order valence-electron chi connectivity index (χ0n) is 15.6. The molecule has 11 heteroatoms. The summed E-state index contributed by atoms with van der Waals surface area (Å²) in [6.45, 7) is -0.604. The molecule has 0 saturated carbocycles. The molecule has 2 unspecified atom stereocenters. The van der Waals surface area contributed by atoms with E-state index < -0.39 is 44.7 Å². The average molecular weight is 461 g/mol. The number of nitrogens with zero attached hydrogens (tertiary/aromatic N) is 1. The highest BCUT2D eigenvalue weighted by Gasteiger charge is 2.33. The third-order valence-corrected chi connectivity index (χ3v) is 6.79. The second-order valence-electron chi connectivity index (χ2n) is 6.94. The Kier molecular flexibility index (Phi) is 6.73. The number of aliphatic hydroxyl groups is 2. The van der Waals surface area contributed by atoms with Crippen molar-refractivity contribution < 1.29 is 32.2 Å². The van der Waals surface area contributed by atoms with Gasteiger partial charge in [-0.05, 0) is 49.2 Å². The van der Waals surface area contributed by atoms with Crippen molar-refractivity contribution in [2.75, 3.05) is 18.4 Å². The van der Waals surface area contributed by atoms with E-state index in [-0.39, 0.29) is 42.2 Å². The molecule has 1 saturated heterocycles. The van der Waals surface area contributed by atoms with E-state index >= 15 is 0 Å². The van der Waals surface area contributed by atoms with Crippen LogP contribution in [0.1, 0.15) is 23.2 Å². The number of carbonyl (C=O) groups is 1. The number of amides is 1. The minimum absolute atomic E-state index is 0.161. The van der Waals surface area contributed by atoms with Gasteiger partial charge in [-0.25, -0.2) is 17.2 Å². The van der Waals surface area contributed by atoms with Crippen LogP contribution in [0.2, 0.25) is 5.02 Å². The summed E-state index contributed by atoms with van der Waals surface area (Å²) in [7, 11) is -4.44. The van der Waals surface area contributed by atoms with Crippen LogP contribution >= 0.6 is 11.6 Å². The smallest absolute Gasteiger partial charge is 0.255 e. The SMILES string of the molecule is O=C(Nc1ccc(F)c(Cl)c1)c1ccc(F)c(S(=O)(=O)N2CC(O)CCC(O)C2)c1. The van der Waals surface area contributed by atoms with E-state index in [0.717, 1.165) is 28.6 Å². The minimum Gasteiger partial charge on any atom is -0.392 e. The Labute approximate surface area is 176 Å². The Morgan fingerprint density at radius 1 is 1.03 bits per heavy atom. The van der Waals surface area contributed by atoms with Crippen LogP contribution in [0.3, 0.4) is 0 Å². The van der Waals surface area contributed by atoms with Crippen molar-refractivity contribution in [3.05, 3.63) is 58.6 Å². The van der Waals surface area contributed by atoms with Crippen molar-refractivity contribution in [2.45, 2.75) is 29.9 Å². The Hall–Kier alpha value is -2.11. The van der Waals surface area contributed by atoms with E-state index in [0.29, 0.717) is 0 Å². The summed E-state index contributed by atoms with van der Waals surface area (Å²) in [6, 6.07) is 6.30. The predicted molar refractivity (Wildman–Crippen MR) is 106 cm³/mol. The molecule has 2 aromatic rings. The number of hydrogen-bond acceptors (Lipinski definition) is 5. The van der Waals surface area contributed by atoms with Gasteiger partial charge in [0.1, 0.15) is 16.5 Å². The van der Waals surface area contributed by atoms with Crippen LogP contribution in [-0.2, 0) is 10.0 Å². The molecule has 2 atom stereocenters. The van der Waals surface area contributed by atoms with Gasteiger partial charge in [0.25, 0.3) is 5.91 Å². The number of hydrogen-bond donors (Lipinski definition) is 3. The van der Waals surface area contributed by atoms with Crippen LogP contribution in [0, 0.1) is 11.6 Å². The second-order valence-corrected chi connectivity index (χ2v) is 9.25. The Bertz CT molecular complexity index is 1050.